The molecule has 1 saturated heterocycles. The first-order valence-corrected chi connectivity index (χ1v) is 8.76. The van der Waals surface area contributed by atoms with Crippen LogP contribution in [0.5, 0.6) is 0 Å². The number of ether oxygens (including phenoxy) is 1. The molecule has 6 nitrogen and oxygen atoms in total. The van der Waals surface area contributed by atoms with E-state index in [2.05, 4.69) is 15.6 Å². The molecule has 2 atom stereocenters. The van der Waals surface area contributed by atoms with Gasteiger partial charge in [0.05, 0.1) is 18.6 Å². The largest absolute Gasteiger partial charge is 0.376 e. The van der Waals surface area contributed by atoms with Gasteiger partial charge in [-0.1, -0.05) is 12.1 Å². The molecule has 26 heavy (non-hydrogen) atoms. The maximum Gasteiger partial charge on any atom is 0.222 e. The first kappa shape index (κ1) is 22.6. The van der Waals surface area contributed by atoms with Gasteiger partial charge in [0.2, 0.25) is 5.91 Å². The van der Waals surface area contributed by atoms with Crippen LogP contribution in [0.4, 0.5) is 4.39 Å². The molecule has 1 aliphatic rings. The van der Waals surface area contributed by atoms with Crippen LogP contribution in [0.15, 0.2) is 29.3 Å². The Morgan fingerprint density at radius 3 is 2.69 bits per heavy atom. The summed E-state index contributed by atoms with van der Waals surface area (Å²) in [5, 5.41) is 6.39. The van der Waals surface area contributed by atoms with Crippen LogP contribution in [-0.2, 0) is 16.0 Å². The van der Waals surface area contributed by atoms with E-state index in [1.54, 1.807) is 12.1 Å². The zero-order valence-corrected chi connectivity index (χ0v) is 17.4. The van der Waals surface area contributed by atoms with E-state index >= 15 is 0 Å². The molecule has 4 N–H and O–H groups in total. The van der Waals surface area contributed by atoms with Crippen LogP contribution < -0.4 is 16.4 Å². The molecule has 0 spiro atoms. The number of benzene rings is 1. The van der Waals surface area contributed by atoms with Gasteiger partial charge in [0, 0.05) is 19.7 Å². The van der Waals surface area contributed by atoms with E-state index < -0.39 is 11.8 Å². The number of primary amides is 1. The fourth-order valence-electron chi connectivity index (χ4n) is 2.72. The van der Waals surface area contributed by atoms with Crippen LogP contribution in [0.25, 0.3) is 0 Å². The van der Waals surface area contributed by atoms with Gasteiger partial charge in [0.25, 0.3) is 0 Å². The van der Waals surface area contributed by atoms with Gasteiger partial charge in [-0.2, -0.15) is 0 Å². The first-order chi connectivity index (χ1) is 12.1. The number of nitrogens with zero attached hydrogens (tertiary/aromatic N) is 1. The molecule has 2 rings (SSSR count). The number of rotatable bonds is 8. The summed E-state index contributed by atoms with van der Waals surface area (Å²) in [5.41, 5.74) is 6.36. The number of nitrogens with two attached hydrogens (primary N) is 1. The summed E-state index contributed by atoms with van der Waals surface area (Å²) in [5.74, 6) is -0.514. The van der Waals surface area contributed by atoms with Gasteiger partial charge in [-0.05, 0) is 43.9 Å². The Balaban J connectivity index is 0.00000338. The van der Waals surface area contributed by atoms with Crippen LogP contribution in [-0.4, -0.2) is 44.2 Å². The molecule has 1 amide bonds. The van der Waals surface area contributed by atoms with E-state index in [0.29, 0.717) is 18.9 Å². The fraction of sp³-hybridized carbons (Fsp3) is 0.556. The van der Waals surface area contributed by atoms with Gasteiger partial charge >= 0.3 is 0 Å². The van der Waals surface area contributed by atoms with Crippen molar-refractivity contribution in [1.82, 2.24) is 10.6 Å². The van der Waals surface area contributed by atoms with Crippen molar-refractivity contribution in [3.63, 3.8) is 0 Å². The van der Waals surface area contributed by atoms with Gasteiger partial charge < -0.3 is 21.1 Å². The third-order valence-corrected chi connectivity index (χ3v) is 4.13. The average Bonchev–Trinajstić information content (AvgIpc) is 3.11. The zero-order valence-electron chi connectivity index (χ0n) is 15.0. The second-order valence-corrected chi connectivity index (χ2v) is 6.17. The summed E-state index contributed by atoms with van der Waals surface area (Å²) in [6, 6.07) is 6.08. The van der Waals surface area contributed by atoms with E-state index in [1.807, 2.05) is 6.92 Å². The Kier molecular flexibility index (Phi) is 10.5. The van der Waals surface area contributed by atoms with Gasteiger partial charge in [0.1, 0.15) is 5.82 Å². The molecule has 0 aromatic heterocycles. The Bertz CT molecular complexity index is 577. The second kappa shape index (κ2) is 12.1. The second-order valence-electron chi connectivity index (χ2n) is 6.17. The molecule has 2 unspecified atom stereocenters. The fourth-order valence-corrected chi connectivity index (χ4v) is 2.72. The minimum atomic E-state index is -0.441. The monoisotopic (exact) mass is 478 g/mol. The number of hydrogen-bond donors (Lipinski definition) is 3. The SMILES string of the molecule is CCNC(=NCC(Cc1ccc(F)cc1)C(N)=O)NCC1CCCO1.I. The van der Waals surface area contributed by atoms with Crippen molar-refractivity contribution in [3.8, 4) is 0 Å². The number of amides is 1. The predicted molar refractivity (Wildman–Crippen MR) is 111 cm³/mol. The van der Waals surface area contributed by atoms with E-state index in [0.717, 1.165) is 31.6 Å². The molecule has 0 radical (unpaired) electrons. The summed E-state index contributed by atoms with van der Waals surface area (Å²) in [6.07, 6.45) is 2.77. The summed E-state index contributed by atoms with van der Waals surface area (Å²) < 4.78 is 18.6. The smallest absolute Gasteiger partial charge is 0.222 e. The maximum absolute atomic E-state index is 13.0. The number of carbonyl (C=O) groups excluding carboxylic acids is 1. The van der Waals surface area contributed by atoms with Crippen molar-refractivity contribution in [2.24, 2.45) is 16.6 Å². The van der Waals surface area contributed by atoms with Gasteiger partial charge in [-0.25, -0.2) is 4.39 Å². The van der Waals surface area contributed by atoms with Crippen molar-refractivity contribution >= 4 is 35.8 Å². The van der Waals surface area contributed by atoms with Crippen LogP contribution >= 0.6 is 24.0 Å². The van der Waals surface area contributed by atoms with E-state index in [9.17, 15) is 9.18 Å². The van der Waals surface area contributed by atoms with Crippen molar-refractivity contribution in [2.75, 3.05) is 26.2 Å². The van der Waals surface area contributed by atoms with Crippen LogP contribution in [0.3, 0.4) is 0 Å². The third kappa shape index (κ3) is 7.86. The summed E-state index contributed by atoms with van der Waals surface area (Å²) in [7, 11) is 0. The molecule has 1 fully saturated rings. The molecule has 146 valence electrons. The van der Waals surface area contributed by atoms with Crippen molar-refractivity contribution in [2.45, 2.75) is 32.3 Å². The lowest BCUT2D eigenvalue weighted by molar-refractivity contribution is -0.121. The molecule has 1 heterocycles. The van der Waals surface area contributed by atoms with Crippen LogP contribution in [0.1, 0.15) is 25.3 Å². The first-order valence-electron chi connectivity index (χ1n) is 8.76. The molecule has 0 saturated carbocycles. The zero-order chi connectivity index (χ0) is 18.1. The highest BCUT2D eigenvalue weighted by Crippen LogP contribution is 2.12. The highest BCUT2D eigenvalue weighted by atomic mass is 127. The van der Waals surface area contributed by atoms with Crippen molar-refractivity contribution < 1.29 is 13.9 Å². The number of hydrogen-bond acceptors (Lipinski definition) is 3. The van der Waals surface area contributed by atoms with Crippen LogP contribution in [0.2, 0.25) is 0 Å². The highest BCUT2D eigenvalue weighted by Gasteiger charge is 2.18. The number of halogens is 2. The normalized spacial score (nSPS) is 18.1. The molecular weight excluding hydrogens is 450 g/mol. The van der Waals surface area contributed by atoms with Gasteiger partial charge in [-0.15, -0.1) is 24.0 Å². The predicted octanol–water partition coefficient (Wildman–Crippen LogP) is 1.82. The number of nitrogens with one attached hydrogen (secondary N) is 2. The quantitative estimate of drug-likeness (QED) is 0.302. The lowest BCUT2D eigenvalue weighted by Crippen LogP contribution is -2.41. The number of carbonyl (C=O) groups is 1. The van der Waals surface area contributed by atoms with Crippen molar-refractivity contribution in [1.29, 1.82) is 0 Å². The molecule has 0 aliphatic carbocycles. The molecular formula is C18H28FIN4O2. The Hall–Kier alpha value is -1.42. The molecule has 8 heteroatoms. The Labute approximate surface area is 171 Å². The van der Waals surface area contributed by atoms with Gasteiger partial charge in [0.15, 0.2) is 5.96 Å². The number of guanidine groups is 1. The molecule has 1 aromatic carbocycles. The minimum absolute atomic E-state index is 0. The van der Waals surface area contributed by atoms with Crippen molar-refractivity contribution in [3.05, 3.63) is 35.6 Å². The molecule has 0 bridgehead atoms. The minimum Gasteiger partial charge on any atom is -0.376 e. The van der Waals surface area contributed by atoms with E-state index in [1.165, 1.54) is 12.1 Å². The van der Waals surface area contributed by atoms with Crippen LogP contribution in [0, 0.1) is 11.7 Å². The average molecular weight is 478 g/mol. The number of aliphatic imine (C=N–C) groups is 1. The third-order valence-electron chi connectivity index (χ3n) is 4.13. The lowest BCUT2D eigenvalue weighted by atomic mass is 9.99. The Morgan fingerprint density at radius 2 is 2.12 bits per heavy atom. The maximum atomic E-state index is 13.0. The standard InChI is InChI=1S/C18H27FN4O2.HI/c1-2-21-18(23-12-16-4-3-9-25-16)22-11-14(17(20)24)10-13-5-7-15(19)8-6-13;/h5-8,14,16H,2-4,9-12H2,1H3,(H2,20,24)(H2,21,22,23);1H. The Morgan fingerprint density at radius 1 is 1.38 bits per heavy atom. The molecule has 1 aromatic rings. The summed E-state index contributed by atoms with van der Waals surface area (Å²) in [6.45, 7) is 4.46. The van der Waals surface area contributed by atoms with E-state index in [-0.39, 0.29) is 42.4 Å². The topological polar surface area (TPSA) is 88.7 Å². The highest BCUT2D eigenvalue weighted by molar-refractivity contribution is 14.0. The molecule has 1 aliphatic heterocycles. The summed E-state index contributed by atoms with van der Waals surface area (Å²) >= 11 is 0. The van der Waals surface area contributed by atoms with E-state index in [4.69, 9.17) is 10.5 Å². The lowest BCUT2D eigenvalue weighted by Gasteiger charge is -2.16. The van der Waals surface area contributed by atoms with Gasteiger partial charge in [-0.3, -0.25) is 9.79 Å². The summed E-state index contributed by atoms with van der Waals surface area (Å²) in [4.78, 5) is 16.2.